The first-order valence-corrected chi connectivity index (χ1v) is 11.7. The predicted octanol–water partition coefficient (Wildman–Crippen LogP) is 5.92. The molecule has 0 fully saturated rings. The van der Waals surface area contributed by atoms with Crippen LogP contribution in [0.3, 0.4) is 0 Å². The summed E-state index contributed by atoms with van der Waals surface area (Å²) in [7, 11) is 0. The van der Waals surface area contributed by atoms with E-state index in [1.54, 1.807) is 18.2 Å². The van der Waals surface area contributed by atoms with E-state index in [-0.39, 0.29) is 12.5 Å². The Morgan fingerprint density at radius 3 is 1.86 bits per heavy atom. The summed E-state index contributed by atoms with van der Waals surface area (Å²) in [5, 5.41) is 9.85. The van der Waals surface area contributed by atoms with Gasteiger partial charge in [-0.15, -0.1) is 0 Å². The van der Waals surface area contributed by atoms with Crippen LogP contribution in [0.25, 0.3) is 0 Å². The van der Waals surface area contributed by atoms with Gasteiger partial charge in [0.15, 0.2) is 0 Å². The topological polar surface area (TPSA) is 65.0 Å². The normalized spacial score (nSPS) is 11.5. The van der Waals surface area contributed by atoms with E-state index in [1.807, 2.05) is 73.7 Å². The van der Waals surface area contributed by atoms with E-state index in [4.69, 9.17) is 14.2 Å². The van der Waals surface area contributed by atoms with Crippen molar-refractivity contribution in [3.63, 3.8) is 0 Å². The number of rotatable bonds is 13. The average molecular weight is 473 g/mol. The van der Waals surface area contributed by atoms with Crippen LogP contribution in [0, 0.1) is 0 Å². The van der Waals surface area contributed by atoms with Crippen molar-refractivity contribution in [2.45, 2.75) is 25.4 Å². The number of aliphatic hydroxyl groups excluding tert-OH is 1. The van der Waals surface area contributed by atoms with Crippen LogP contribution < -0.4 is 9.47 Å². The number of benzene rings is 3. The second-order valence-corrected chi connectivity index (χ2v) is 8.02. The highest BCUT2D eigenvalue weighted by atomic mass is 16.5. The number of hydrogen-bond donors (Lipinski definition) is 1. The van der Waals surface area contributed by atoms with Crippen molar-refractivity contribution in [3.8, 4) is 11.5 Å². The molecule has 1 unspecified atom stereocenters. The summed E-state index contributed by atoms with van der Waals surface area (Å²) >= 11 is 0. The van der Waals surface area contributed by atoms with Crippen LogP contribution in [-0.2, 0) is 4.74 Å². The molecule has 0 saturated carbocycles. The van der Waals surface area contributed by atoms with E-state index in [9.17, 15) is 9.90 Å². The minimum absolute atomic E-state index is 0.0426. The van der Waals surface area contributed by atoms with Crippen molar-refractivity contribution in [1.82, 2.24) is 0 Å². The summed E-state index contributed by atoms with van der Waals surface area (Å²) < 4.78 is 16.7. The molecule has 0 bridgehead atoms. The number of esters is 1. The van der Waals surface area contributed by atoms with Crippen LogP contribution in [0.2, 0.25) is 0 Å². The lowest BCUT2D eigenvalue weighted by molar-refractivity contribution is 0.0249. The number of hydrogen-bond acceptors (Lipinski definition) is 5. The van der Waals surface area contributed by atoms with Gasteiger partial charge in [-0.05, 0) is 53.4 Å². The van der Waals surface area contributed by atoms with Crippen molar-refractivity contribution in [1.29, 1.82) is 0 Å². The van der Waals surface area contributed by atoms with Crippen LogP contribution in [0.1, 0.15) is 46.3 Å². The molecule has 182 valence electrons. The zero-order valence-electron chi connectivity index (χ0n) is 20.1. The molecule has 5 heteroatoms. The molecule has 0 aliphatic carbocycles. The Labute approximate surface area is 207 Å². The van der Waals surface area contributed by atoms with Gasteiger partial charge in [0.25, 0.3) is 0 Å². The van der Waals surface area contributed by atoms with Gasteiger partial charge in [0.2, 0.25) is 0 Å². The first-order valence-electron chi connectivity index (χ1n) is 11.7. The molecule has 3 aromatic rings. The maximum atomic E-state index is 13.0. The average Bonchev–Trinajstić information content (AvgIpc) is 2.91. The van der Waals surface area contributed by atoms with Gasteiger partial charge in [-0.25, -0.2) is 4.79 Å². The van der Waals surface area contributed by atoms with Crippen molar-refractivity contribution < 1.29 is 24.1 Å². The molecule has 35 heavy (non-hydrogen) atoms. The summed E-state index contributed by atoms with van der Waals surface area (Å²) in [4.78, 5) is 13.0. The summed E-state index contributed by atoms with van der Waals surface area (Å²) in [6.07, 6.45) is 3.22. The van der Waals surface area contributed by atoms with Crippen LogP contribution in [0.4, 0.5) is 0 Å². The predicted molar refractivity (Wildman–Crippen MR) is 138 cm³/mol. The van der Waals surface area contributed by atoms with Crippen molar-refractivity contribution in [2.75, 3.05) is 19.8 Å². The third-order valence-corrected chi connectivity index (χ3v) is 5.53. The molecule has 0 radical (unpaired) electrons. The van der Waals surface area contributed by atoms with E-state index in [1.165, 1.54) is 0 Å². The van der Waals surface area contributed by atoms with Crippen molar-refractivity contribution in [2.24, 2.45) is 0 Å². The van der Waals surface area contributed by atoms with Gasteiger partial charge in [0, 0.05) is 5.92 Å². The highest BCUT2D eigenvalue weighted by Crippen LogP contribution is 2.36. The molecule has 5 nitrogen and oxygen atoms in total. The maximum absolute atomic E-state index is 13.0. The van der Waals surface area contributed by atoms with Crippen molar-refractivity contribution >= 4 is 5.97 Å². The summed E-state index contributed by atoms with van der Waals surface area (Å²) in [5.41, 5.74) is 3.25. The molecule has 0 amide bonds. The minimum atomic E-state index is -0.687. The largest absolute Gasteiger partial charge is 0.490 e. The Bertz CT molecular complexity index is 1050. The van der Waals surface area contributed by atoms with E-state index >= 15 is 0 Å². The van der Waals surface area contributed by atoms with E-state index < -0.39 is 12.1 Å². The van der Waals surface area contributed by atoms with Crippen molar-refractivity contribution in [3.05, 3.63) is 120 Å². The maximum Gasteiger partial charge on any atom is 0.338 e. The highest BCUT2D eigenvalue weighted by Gasteiger charge is 2.24. The van der Waals surface area contributed by atoms with Gasteiger partial charge in [0.05, 0.1) is 11.7 Å². The molecule has 0 aliphatic rings. The fourth-order valence-electron chi connectivity index (χ4n) is 3.68. The Balaban J connectivity index is 2.01. The van der Waals surface area contributed by atoms with E-state index in [2.05, 4.69) is 13.2 Å². The summed E-state index contributed by atoms with van der Waals surface area (Å²) in [6, 6.07) is 23.0. The molecule has 1 atom stereocenters. The Hall–Kier alpha value is -3.83. The molecule has 0 aliphatic heterocycles. The number of aliphatic hydroxyl groups is 1. The van der Waals surface area contributed by atoms with Gasteiger partial charge < -0.3 is 19.3 Å². The third kappa shape index (κ3) is 7.08. The molecule has 3 rings (SSSR count). The molecule has 0 saturated heterocycles. The lowest BCUT2D eigenvalue weighted by atomic mass is 9.83. The smallest absolute Gasteiger partial charge is 0.338 e. The second kappa shape index (κ2) is 13.2. The van der Waals surface area contributed by atoms with Gasteiger partial charge in [0.1, 0.15) is 31.3 Å². The van der Waals surface area contributed by atoms with Gasteiger partial charge in [-0.2, -0.15) is 0 Å². The van der Waals surface area contributed by atoms with Crippen LogP contribution in [-0.4, -0.2) is 37.0 Å². The number of carbonyl (C=O) groups is 1. The fraction of sp³-hybridized carbons (Fsp3) is 0.233. The molecule has 0 heterocycles. The lowest BCUT2D eigenvalue weighted by Crippen LogP contribution is -2.19. The molecule has 0 spiro atoms. The van der Waals surface area contributed by atoms with Crippen LogP contribution >= 0.6 is 0 Å². The molecular formula is C30H32O5. The zero-order chi connectivity index (χ0) is 25.0. The van der Waals surface area contributed by atoms with E-state index in [0.29, 0.717) is 25.2 Å². The fourth-order valence-corrected chi connectivity index (χ4v) is 3.68. The summed E-state index contributed by atoms with van der Waals surface area (Å²) in [6.45, 7) is 10.0. The molecule has 1 N–H and O–H groups in total. The first-order chi connectivity index (χ1) is 17.1. The van der Waals surface area contributed by atoms with Crippen LogP contribution in [0.15, 0.2) is 98.1 Å². The van der Waals surface area contributed by atoms with Crippen LogP contribution in [0.5, 0.6) is 11.5 Å². The second-order valence-electron chi connectivity index (χ2n) is 8.02. The molecule has 0 aromatic heterocycles. The Kier molecular flexibility index (Phi) is 9.69. The number of carbonyl (C=O) groups excluding carboxylic acids is 1. The Morgan fingerprint density at radius 2 is 1.37 bits per heavy atom. The lowest BCUT2D eigenvalue weighted by Gasteiger charge is -2.22. The highest BCUT2D eigenvalue weighted by molar-refractivity contribution is 5.91. The minimum Gasteiger partial charge on any atom is -0.490 e. The van der Waals surface area contributed by atoms with Gasteiger partial charge >= 0.3 is 5.97 Å². The quantitative estimate of drug-likeness (QED) is 0.190. The summed E-state index contributed by atoms with van der Waals surface area (Å²) in [5.74, 6) is 0.773. The monoisotopic (exact) mass is 472 g/mol. The SMILES string of the molecule is C=CCOc1ccc(C(c2ccc(OCC=C)cc2)c2ccccc2C(=O)OCC(O)CC)cc1. The zero-order valence-corrected chi connectivity index (χ0v) is 20.1. The number of ether oxygens (including phenoxy) is 3. The first kappa shape index (κ1) is 25.8. The Morgan fingerprint density at radius 1 is 0.857 bits per heavy atom. The van der Waals surface area contributed by atoms with Gasteiger partial charge in [-0.1, -0.05) is 74.7 Å². The molecule has 3 aromatic carbocycles. The molecular weight excluding hydrogens is 440 g/mol. The van der Waals surface area contributed by atoms with E-state index in [0.717, 1.165) is 28.2 Å². The third-order valence-electron chi connectivity index (χ3n) is 5.53. The standard InChI is InChI=1S/C30H32O5/c1-4-19-33-25-15-11-22(12-16-25)29(23-13-17-26(18-14-23)34-20-5-2)27-9-7-8-10-28(27)30(32)35-21-24(31)6-3/h4-5,7-18,24,29,31H,1-2,6,19-21H2,3H3. The van der Waals surface area contributed by atoms with Gasteiger partial charge in [-0.3, -0.25) is 0 Å².